The van der Waals surface area contributed by atoms with Crippen molar-refractivity contribution in [1.82, 2.24) is 15.1 Å². The third-order valence-electron chi connectivity index (χ3n) is 12.0. The molecule has 0 atom stereocenters. The molecule has 1 amide bonds. The maximum absolute atomic E-state index is 12.9. The van der Waals surface area contributed by atoms with Gasteiger partial charge in [-0.25, -0.2) is 0 Å². The minimum absolute atomic E-state index is 0.154. The van der Waals surface area contributed by atoms with Crippen LogP contribution in [0.5, 0.6) is 0 Å². The maximum Gasteiger partial charge on any atom is 0.221 e. The van der Waals surface area contributed by atoms with Gasteiger partial charge < -0.3 is 15.1 Å². The lowest BCUT2D eigenvalue weighted by atomic mass is 10.0. The molecule has 332 valence electrons. The van der Waals surface area contributed by atoms with Crippen LogP contribution >= 0.6 is 0 Å². The molecule has 0 aromatic carbocycles. The van der Waals surface area contributed by atoms with E-state index < -0.39 is 0 Å². The molecule has 0 aliphatic carbocycles. The molecule has 0 heterocycles. The van der Waals surface area contributed by atoms with Gasteiger partial charge in [0.15, 0.2) is 0 Å². The van der Waals surface area contributed by atoms with Gasteiger partial charge >= 0.3 is 0 Å². The number of nitrogens with zero attached hydrogens (tertiary/aromatic N) is 2. The van der Waals surface area contributed by atoms with Gasteiger partial charge in [-0.2, -0.15) is 0 Å². The fraction of sp³-hybridized carbons (Fsp3) is 0.940. The fourth-order valence-electron chi connectivity index (χ4n) is 7.85. The molecule has 1 N–H and O–H groups in total. The van der Waals surface area contributed by atoms with Gasteiger partial charge in [0.2, 0.25) is 5.91 Å². The second-order valence-electron chi connectivity index (χ2n) is 17.4. The third kappa shape index (κ3) is 40.9. The van der Waals surface area contributed by atoms with Gasteiger partial charge in [0.05, 0.1) is 0 Å². The van der Waals surface area contributed by atoms with Crippen LogP contribution in [0.25, 0.3) is 0 Å². The highest BCUT2D eigenvalue weighted by atomic mass is 16.1. The van der Waals surface area contributed by atoms with Gasteiger partial charge in [-0.3, -0.25) is 14.4 Å². The summed E-state index contributed by atoms with van der Waals surface area (Å²) in [6.07, 6.45) is 43.3. The summed E-state index contributed by atoms with van der Waals surface area (Å²) in [6, 6.07) is 0. The summed E-state index contributed by atoms with van der Waals surface area (Å²) in [4.78, 5) is 43.1. The normalized spacial score (nSPS) is 11.6. The highest BCUT2D eigenvalue weighted by Gasteiger charge is 2.14. The predicted octanol–water partition coefficient (Wildman–Crippen LogP) is 14.0. The largest absolute Gasteiger partial charge is 0.356 e. The molecule has 0 aromatic heterocycles. The molecule has 6 heteroatoms. The van der Waals surface area contributed by atoms with Gasteiger partial charge in [0.1, 0.15) is 11.6 Å². The van der Waals surface area contributed by atoms with Crippen molar-refractivity contribution < 1.29 is 14.4 Å². The van der Waals surface area contributed by atoms with E-state index in [4.69, 9.17) is 0 Å². The van der Waals surface area contributed by atoms with Crippen molar-refractivity contribution in [3.05, 3.63) is 0 Å². The van der Waals surface area contributed by atoms with Crippen molar-refractivity contribution in [1.29, 1.82) is 0 Å². The summed E-state index contributed by atoms with van der Waals surface area (Å²) in [5.41, 5.74) is 0. The SMILES string of the molecule is CCCCCCCCCCCCCC(=O)CCN(CCC(=O)CCCCCCCCCCCC)CCN(CC)CCC(=O)NCCCCCCCCCCCC. The number of amides is 1. The van der Waals surface area contributed by atoms with Crippen molar-refractivity contribution in [3.8, 4) is 0 Å². The van der Waals surface area contributed by atoms with E-state index in [2.05, 4.69) is 42.8 Å². The number of unbranched alkanes of at least 4 members (excludes halogenated alkanes) is 28. The van der Waals surface area contributed by atoms with E-state index in [0.717, 1.165) is 77.9 Å². The Labute approximate surface area is 350 Å². The van der Waals surface area contributed by atoms with Crippen LogP contribution in [-0.2, 0) is 14.4 Å². The lowest BCUT2D eigenvalue weighted by Crippen LogP contribution is -2.39. The fourth-order valence-corrected chi connectivity index (χ4v) is 7.85. The van der Waals surface area contributed by atoms with Gasteiger partial charge in [-0.1, -0.05) is 207 Å². The Bertz CT molecular complexity index is 849. The van der Waals surface area contributed by atoms with Crippen molar-refractivity contribution in [2.75, 3.05) is 45.8 Å². The first-order chi connectivity index (χ1) is 27.5. The second kappa shape index (κ2) is 44.8. The average Bonchev–Trinajstić information content (AvgIpc) is 3.20. The number of carbonyl (C=O) groups excluding carboxylic acids is 3. The Hall–Kier alpha value is -1.27. The Morgan fingerprint density at radius 3 is 0.982 bits per heavy atom. The van der Waals surface area contributed by atoms with Crippen LogP contribution in [-0.4, -0.2) is 73.1 Å². The molecular weight excluding hydrogens is 691 g/mol. The van der Waals surface area contributed by atoms with Crippen molar-refractivity contribution in [2.45, 2.75) is 259 Å². The van der Waals surface area contributed by atoms with E-state index in [1.54, 1.807) is 0 Å². The molecule has 0 radical (unpaired) electrons. The molecule has 0 aliphatic rings. The number of nitrogens with one attached hydrogen (secondary N) is 1. The Morgan fingerprint density at radius 2 is 0.625 bits per heavy atom. The number of likely N-dealkylation sites (N-methyl/N-ethyl adjacent to an activating group) is 1. The Morgan fingerprint density at radius 1 is 0.321 bits per heavy atom. The lowest BCUT2D eigenvalue weighted by molar-refractivity contribution is -0.122. The molecule has 6 nitrogen and oxygen atoms in total. The van der Waals surface area contributed by atoms with E-state index in [9.17, 15) is 14.4 Å². The minimum Gasteiger partial charge on any atom is -0.356 e. The average molecular weight is 790 g/mol. The summed E-state index contributed by atoms with van der Waals surface area (Å²) in [5, 5.41) is 3.15. The minimum atomic E-state index is 0.154. The molecule has 0 aliphatic heterocycles. The van der Waals surface area contributed by atoms with E-state index in [1.165, 1.54) is 167 Å². The predicted molar refractivity (Wildman–Crippen MR) is 245 cm³/mol. The summed E-state index contributed by atoms with van der Waals surface area (Å²) in [6.45, 7) is 14.6. The molecule has 0 saturated heterocycles. The maximum atomic E-state index is 12.9. The number of carbonyl (C=O) groups is 3. The van der Waals surface area contributed by atoms with Crippen molar-refractivity contribution >= 4 is 17.5 Å². The zero-order chi connectivity index (χ0) is 41.0. The monoisotopic (exact) mass is 790 g/mol. The highest BCUT2D eigenvalue weighted by molar-refractivity contribution is 5.79. The molecule has 0 fully saturated rings. The van der Waals surface area contributed by atoms with Crippen molar-refractivity contribution in [2.24, 2.45) is 0 Å². The van der Waals surface area contributed by atoms with Crippen LogP contribution < -0.4 is 5.32 Å². The van der Waals surface area contributed by atoms with Crippen LogP contribution in [0, 0.1) is 0 Å². The standard InChI is InChI=1S/C50H99N3O3/c1-5-9-12-15-18-21-24-26-29-32-35-38-49(55)40-44-53(43-39-48(54)37-34-31-28-25-22-19-16-13-10-6-2)47-46-52(8-4)45-41-50(56)51-42-36-33-30-27-23-20-17-14-11-7-3/h5-47H2,1-4H3,(H,51,56). The van der Waals surface area contributed by atoms with E-state index in [-0.39, 0.29) is 5.91 Å². The first kappa shape index (κ1) is 54.7. The van der Waals surface area contributed by atoms with E-state index in [0.29, 0.717) is 43.7 Å². The number of hydrogen-bond donors (Lipinski definition) is 1. The molecule has 56 heavy (non-hydrogen) atoms. The summed E-state index contributed by atoms with van der Waals surface area (Å²) >= 11 is 0. The Balaban J connectivity index is 4.50. The summed E-state index contributed by atoms with van der Waals surface area (Å²) < 4.78 is 0. The first-order valence-corrected chi connectivity index (χ1v) is 25.2. The van der Waals surface area contributed by atoms with Gasteiger partial charge in [-0.05, 0) is 25.8 Å². The lowest BCUT2D eigenvalue weighted by Gasteiger charge is -2.27. The summed E-state index contributed by atoms with van der Waals surface area (Å²) in [7, 11) is 0. The van der Waals surface area contributed by atoms with E-state index >= 15 is 0 Å². The van der Waals surface area contributed by atoms with Crippen LogP contribution in [0.15, 0.2) is 0 Å². The number of rotatable bonds is 47. The first-order valence-electron chi connectivity index (χ1n) is 25.2. The topological polar surface area (TPSA) is 69.7 Å². The second-order valence-corrected chi connectivity index (χ2v) is 17.4. The van der Waals surface area contributed by atoms with Crippen LogP contribution in [0.4, 0.5) is 0 Å². The van der Waals surface area contributed by atoms with E-state index in [1.807, 2.05) is 0 Å². The highest BCUT2D eigenvalue weighted by Crippen LogP contribution is 2.15. The number of Topliss-reactive ketones (excluding diaryl/α,β-unsaturated/α-hetero) is 2. The van der Waals surface area contributed by atoms with Crippen LogP contribution in [0.1, 0.15) is 259 Å². The van der Waals surface area contributed by atoms with Crippen molar-refractivity contribution in [3.63, 3.8) is 0 Å². The zero-order valence-electron chi connectivity index (χ0n) is 38.5. The molecular formula is C50H99N3O3. The molecule has 0 unspecified atom stereocenters. The number of hydrogen-bond acceptors (Lipinski definition) is 5. The zero-order valence-corrected chi connectivity index (χ0v) is 38.5. The van der Waals surface area contributed by atoms with Gasteiger partial charge in [-0.15, -0.1) is 0 Å². The molecule has 0 bridgehead atoms. The smallest absolute Gasteiger partial charge is 0.221 e. The summed E-state index contributed by atoms with van der Waals surface area (Å²) in [5.74, 6) is 0.893. The van der Waals surface area contributed by atoms with Gasteiger partial charge in [0.25, 0.3) is 0 Å². The van der Waals surface area contributed by atoms with Crippen LogP contribution in [0.2, 0.25) is 0 Å². The number of ketones is 2. The third-order valence-corrected chi connectivity index (χ3v) is 12.0. The molecule has 0 spiro atoms. The molecule has 0 rings (SSSR count). The quantitative estimate of drug-likeness (QED) is 0.0622. The molecule has 0 saturated carbocycles. The van der Waals surface area contributed by atoms with Crippen LogP contribution in [0.3, 0.4) is 0 Å². The molecule has 0 aromatic rings. The van der Waals surface area contributed by atoms with Gasteiger partial charge in [0, 0.05) is 71.4 Å². The Kier molecular flexibility index (Phi) is 43.8.